The largest absolute Gasteiger partial charge is 0.376 e. The highest BCUT2D eigenvalue weighted by molar-refractivity contribution is 4.84. The molecule has 1 aliphatic heterocycles. The van der Waals surface area contributed by atoms with E-state index in [0.717, 1.165) is 6.04 Å². The highest BCUT2D eigenvalue weighted by Crippen LogP contribution is 2.26. The van der Waals surface area contributed by atoms with Gasteiger partial charge in [-0.3, -0.25) is 9.80 Å². The van der Waals surface area contributed by atoms with E-state index in [1.54, 1.807) is 0 Å². The van der Waals surface area contributed by atoms with Gasteiger partial charge in [0.25, 0.3) is 0 Å². The van der Waals surface area contributed by atoms with Gasteiger partial charge in [-0.1, -0.05) is 0 Å². The number of hydrogen-bond acceptors (Lipinski definition) is 3. The third-order valence-corrected chi connectivity index (χ3v) is 4.70. The average molecular weight is 268 g/mol. The van der Waals surface area contributed by atoms with Crippen molar-refractivity contribution in [3.63, 3.8) is 0 Å². The maximum atomic E-state index is 5.95. The molecule has 1 heterocycles. The van der Waals surface area contributed by atoms with Gasteiger partial charge in [0.2, 0.25) is 0 Å². The maximum absolute atomic E-state index is 5.95. The molecule has 112 valence electrons. The quantitative estimate of drug-likeness (QED) is 0.780. The molecule has 0 radical (unpaired) electrons. The van der Waals surface area contributed by atoms with Gasteiger partial charge in [0.1, 0.15) is 0 Å². The molecule has 1 saturated carbocycles. The fourth-order valence-electron chi connectivity index (χ4n) is 3.55. The first-order valence-electron chi connectivity index (χ1n) is 8.20. The summed E-state index contributed by atoms with van der Waals surface area (Å²) in [6.45, 7) is 13.9. The Hall–Kier alpha value is -0.120. The highest BCUT2D eigenvalue weighted by Gasteiger charge is 2.29. The van der Waals surface area contributed by atoms with Gasteiger partial charge >= 0.3 is 0 Å². The van der Waals surface area contributed by atoms with Crippen LogP contribution in [-0.2, 0) is 4.74 Å². The summed E-state index contributed by atoms with van der Waals surface area (Å²) < 4.78 is 5.95. The molecule has 1 aliphatic carbocycles. The predicted molar refractivity (Wildman–Crippen MR) is 80.5 cm³/mol. The molecule has 3 nitrogen and oxygen atoms in total. The van der Waals surface area contributed by atoms with E-state index in [-0.39, 0.29) is 0 Å². The van der Waals surface area contributed by atoms with Crippen LogP contribution in [0.1, 0.15) is 53.4 Å². The molecule has 2 rings (SSSR count). The number of rotatable bonds is 4. The molecule has 0 aromatic carbocycles. The molecule has 0 N–H and O–H groups in total. The summed E-state index contributed by atoms with van der Waals surface area (Å²) in [5.41, 5.74) is 0. The van der Waals surface area contributed by atoms with Crippen molar-refractivity contribution in [1.82, 2.24) is 9.80 Å². The number of nitrogens with zero attached hydrogens (tertiary/aromatic N) is 2. The smallest absolute Gasteiger partial charge is 0.0579 e. The molecule has 2 fully saturated rings. The minimum Gasteiger partial charge on any atom is -0.376 e. The van der Waals surface area contributed by atoms with Gasteiger partial charge in [0.05, 0.1) is 12.2 Å². The second kappa shape index (κ2) is 7.05. The lowest BCUT2D eigenvalue weighted by atomic mass is 9.91. The molecule has 2 aliphatic rings. The molecule has 0 atom stereocenters. The highest BCUT2D eigenvalue weighted by atomic mass is 16.5. The Morgan fingerprint density at radius 1 is 0.842 bits per heavy atom. The Balaban J connectivity index is 1.71. The Kier molecular flexibility index (Phi) is 5.67. The summed E-state index contributed by atoms with van der Waals surface area (Å²) in [5.74, 6) is 0. The van der Waals surface area contributed by atoms with Crippen LogP contribution in [0.3, 0.4) is 0 Å². The number of piperazine rings is 1. The second-order valence-electron chi connectivity index (χ2n) is 6.78. The molecule has 0 unspecified atom stereocenters. The molecule has 0 spiro atoms. The van der Waals surface area contributed by atoms with Crippen LogP contribution in [0.2, 0.25) is 0 Å². The molecule has 0 bridgehead atoms. The first kappa shape index (κ1) is 15.3. The lowest BCUT2D eigenvalue weighted by molar-refractivity contribution is -0.0315. The van der Waals surface area contributed by atoms with Gasteiger partial charge < -0.3 is 4.74 Å². The lowest BCUT2D eigenvalue weighted by Crippen LogP contribution is -2.53. The summed E-state index contributed by atoms with van der Waals surface area (Å²) in [7, 11) is 0. The van der Waals surface area contributed by atoms with Crippen LogP contribution < -0.4 is 0 Å². The molecule has 0 aromatic heterocycles. The summed E-state index contributed by atoms with van der Waals surface area (Å²) in [6, 6.07) is 1.53. The van der Waals surface area contributed by atoms with Crippen molar-refractivity contribution in [1.29, 1.82) is 0 Å². The van der Waals surface area contributed by atoms with Crippen LogP contribution in [0, 0.1) is 0 Å². The van der Waals surface area contributed by atoms with Crippen LogP contribution >= 0.6 is 0 Å². The van der Waals surface area contributed by atoms with E-state index in [1.165, 1.54) is 51.9 Å². The van der Waals surface area contributed by atoms with Gasteiger partial charge in [0, 0.05) is 38.3 Å². The molecule has 1 saturated heterocycles. The monoisotopic (exact) mass is 268 g/mol. The first-order chi connectivity index (χ1) is 9.06. The van der Waals surface area contributed by atoms with E-state index in [9.17, 15) is 0 Å². The zero-order valence-electron chi connectivity index (χ0n) is 13.3. The van der Waals surface area contributed by atoms with Gasteiger partial charge in [-0.05, 0) is 53.4 Å². The topological polar surface area (TPSA) is 15.7 Å². The van der Waals surface area contributed by atoms with E-state index in [0.29, 0.717) is 18.2 Å². The molecular formula is C16H32N2O. The van der Waals surface area contributed by atoms with E-state index in [1.807, 2.05) is 0 Å². The third-order valence-electron chi connectivity index (χ3n) is 4.70. The van der Waals surface area contributed by atoms with Crippen molar-refractivity contribution >= 4 is 0 Å². The molecular weight excluding hydrogens is 236 g/mol. The SMILES string of the molecule is CC(C)OC1CCC(N2CCN(C(C)C)CC2)CC1. The Morgan fingerprint density at radius 3 is 1.89 bits per heavy atom. The Labute approximate surface area is 119 Å². The molecule has 19 heavy (non-hydrogen) atoms. The van der Waals surface area contributed by atoms with Crippen molar-refractivity contribution in [2.24, 2.45) is 0 Å². The predicted octanol–water partition coefficient (Wildman–Crippen LogP) is 2.75. The Morgan fingerprint density at radius 2 is 1.42 bits per heavy atom. The maximum Gasteiger partial charge on any atom is 0.0579 e. The normalized spacial score (nSPS) is 31.3. The Bertz CT molecular complexity index is 251. The van der Waals surface area contributed by atoms with Crippen LogP contribution in [0.5, 0.6) is 0 Å². The van der Waals surface area contributed by atoms with E-state index in [2.05, 4.69) is 37.5 Å². The van der Waals surface area contributed by atoms with E-state index >= 15 is 0 Å². The minimum atomic E-state index is 0.385. The molecule has 0 amide bonds. The number of hydrogen-bond donors (Lipinski definition) is 0. The van der Waals surface area contributed by atoms with E-state index in [4.69, 9.17) is 4.74 Å². The zero-order valence-corrected chi connectivity index (χ0v) is 13.3. The molecule has 3 heteroatoms. The summed E-state index contributed by atoms with van der Waals surface area (Å²) in [4.78, 5) is 5.33. The third kappa shape index (κ3) is 4.44. The number of ether oxygens (including phenoxy) is 1. The van der Waals surface area contributed by atoms with Crippen molar-refractivity contribution in [2.45, 2.75) is 77.7 Å². The average Bonchev–Trinajstić information content (AvgIpc) is 2.39. The van der Waals surface area contributed by atoms with Gasteiger partial charge in [-0.15, -0.1) is 0 Å². The van der Waals surface area contributed by atoms with Crippen molar-refractivity contribution in [2.75, 3.05) is 26.2 Å². The summed E-state index contributed by atoms with van der Waals surface area (Å²) >= 11 is 0. The van der Waals surface area contributed by atoms with E-state index < -0.39 is 0 Å². The standard InChI is InChI=1S/C16H32N2O/c1-13(2)17-9-11-18(12-10-17)15-5-7-16(8-6-15)19-14(3)4/h13-16H,5-12H2,1-4H3. The van der Waals surface area contributed by atoms with Gasteiger partial charge in [-0.2, -0.15) is 0 Å². The second-order valence-corrected chi connectivity index (χ2v) is 6.78. The van der Waals surface area contributed by atoms with Crippen LogP contribution in [-0.4, -0.2) is 60.3 Å². The molecule has 0 aromatic rings. The lowest BCUT2D eigenvalue weighted by Gasteiger charge is -2.43. The summed E-state index contributed by atoms with van der Waals surface area (Å²) in [5, 5.41) is 0. The zero-order chi connectivity index (χ0) is 13.8. The fraction of sp³-hybridized carbons (Fsp3) is 1.00. The fourth-order valence-corrected chi connectivity index (χ4v) is 3.55. The van der Waals surface area contributed by atoms with Crippen LogP contribution in [0.25, 0.3) is 0 Å². The van der Waals surface area contributed by atoms with Crippen molar-refractivity contribution in [3.8, 4) is 0 Å². The summed E-state index contributed by atoms with van der Waals surface area (Å²) in [6.07, 6.45) is 6.09. The van der Waals surface area contributed by atoms with Gasteiger partial charge in [0.15, 0.2) is 0 Å². The van der Waals surface area contributed by atoms with Crippen LogP contribution in [0.4, 0.5) is 0 Å². The minimum absolute atomic E-state index is 0.385. The van der Waals surface area contributed by atoms with Gasteiger partial charge in [-0.25, -0.2) is 0 Å². The van der Waals surface area contributed by atoms with Crippen molar-refractivity contribution in [3.05, 3.63) is 0 Å². The van der Waals surface area contributed by atoms with Crippen molar-refractivity contribution < 1.29 is 4.74 Å². The first-order valence-corrected chi connectivity index (χ1v) is 8.20. The van der Waals surface area contributed by atoms with Crippen LogP contribution in [0.15, 0.2) is 0 Å².